The van der Waals surface area contributed by atoms with Gasteiger partial charge < -0.3 is 15.2 Å². The van der Waals surface area contributed by atoms with Crippen LogP contribution in [0.5, 0.6) is 5.75 Å². The van der Waals surface area contributed by atoms with Gasteiger partial charge in [0.15, 0.2) is 0 Å². The van der Waals surface area contributed by atoms with Gasteiger partial charge in [0.1, 0.15) is 5.75 Å². The number of rotatable bonds is 8. The lowest BCUT2D eigenvalue weighted by Crippen LogP contribution is -2.19. The van der Waals surface area contributed by atoms with Crippen LogP contribution in [0.15, 0.2) is 47.4 Å². The van der Waals surface area contributed by atoms with Crippen molar-refractivity contribution in [2.24, 2.45) is 5.14 Å². The maximum absolute atomic E-state index is 11.6. The molecule has 2 aromatic carbocycles. The second kappa shape index (κ2) is 8.25. The summed E-state index contributed by atoms with van der Waals surface area (Å²) in [6.07, 6.45) is 0.852. The molecule has 0 unspecified atom stereocenters. The monoisotopic (exact) mass is 350 g/mol. The molecular formula is C17H22N2O4S. The second-order valence-corrected chi connectivity index (χ2v) is 6.95. The van der Waals surface area contributed by atoms with Crippen molar-refractivity contribution in [3.63, 3.8) is 0 Å². The average molecular weight is 350 g/mol. The minimum Gasteiger partial charge on any atom is -0.496 e. The zero-order valence-corrected chi connectivity index (χ0v) is 14.3. The smallest absolute Gasteiger partial charge is 0.238 e. The minimum absolute atomic E-state index is 0.0350. The van der Waals surface area contributed by atoms with Crippen molar-refractivity contribution in [1.29, 1.82) is 0 Å². The molecule has 24 heavy (non-hydrogen) atoms. The summed E-state index contributed by atoms with van der Waals surface area (Å²) in [4.78, 5) is -0.0350. The molecule has 0 saturated heterocycles. The van der Waals surface area contributed by atoms with Crippen molar-refractivity contribution in [2.45, 2.75) is 24.5 Å². The number of sulfonamides is 1. The fourth-order valence-electron chi connectivity index (χ4n) is 2.50. The molecule has 4 N–H and O–H groups in total. The van der Waals surface area contributed by atoms with Crippen LogP contribution in [0.4, 0.5) is 0 Å². The van der Waals surface area contributed by atoms with Crippen LogP contribution >= 0.6 is 0 Å². The highest BCUT2D eigenvalue weighted by molar-refractivity contribution is 7.89. The highest BCUT2D eigenvalue weighted by Gasteiger charge is 2.16. The third-order valence-electron chi connectivity index (χ3n) is 3.67. The molecule has 0 aliphatic carbocycles. The van der Waals surface area contributed by atoms with Crippen LogP contribution in [0.3, 0.4) is 0 Å². The number of hydrogen-bond acceptors (Lipinski definition) is 5. The van der Waals surface area contributed by atoms with Crippen LogP contribution in [0.25, 0.3) is 0 Å². The maximum atomic E-state index is 11.6. The van der Waals surface area contributed by atoms with E-state index in [1.807, 2.05) is 30.3 Å². The number of aliphatic hydroxyl groups is 1. The lowest BCUT2D eigenvalue weighted by atomic mass is 10.1. The molecule has 130 valence electrons. The maximum Gasteiger partial charge on any atom is 0.238 e. The van der Waals surface area contributed by atoms with Crippen molar-refractivity contribution in [3.05, 3.63) is 59.2 Å². The standard InChI is InChI=1S/C17H22N2O4S/c1-23-17-14(9-16(24(18,21)22)10-15(17)12-20)11-19-8-7-13-5-3-2-4-6-13/h2-6,9-10,19-20H,7-8,11-12H2,1H3,(H2,18,21,22). The molecule has 0 aliphatic rings. The Morgan fingerprint density at radius 3 is 2.42 bits per heavy atom. The molecule has 0 amide bonds. The van der Waals surface area contributed by atoms with Gasteiger partial charge in [-0.3, -0.25) is 0 Å². The molecule has 0 fully saturated rings. The van der Waals surface area contributed by atoms with Crippen molar-refractivity contribution < 1.29 is 18.3 Å². The summed E-state index contributed by atoms with van der Waals surface area (Å²) in [5.41, 5.74) is 2.25. The van der Waals surface area contributed by atoms with E-state index in [1.165, 1.54) is 24.8 Å². The van der Waals surface area contributed by atoms with E-state index in [9.17, 15) is 13.5 Å². The number of aliphatic hydroxyl groups excluding tert-OH is 1. The summed E-state index contributed by atoms with van der Waals surface area (Å²) >= 11 is 0. The zero-order valence-electron chi connectivity index (χ0n) is 13.5. The zero-order chi connectivity index (χ0) is 17.6. The van der Waals surface area contributed by atoms with E-state index < -0.39 is 10.0 Å². The number of hydrogen-bond donors (Lipinski definition) is 3. The van der Waals surface area contributed by atoms with Gasteiger partial charge in [0, 0.05) is 17.7 Å². The van der Waals surface area contributed by atoms with Gasteiger partial charge in [0.25, 0.3) is 0 Å². The summed E-state index contributed by atoms with van der Waals surface area (Å²) in [5, 5.41) is 17.9. The van der Waals surface area contributed by atoms with Crippen LogP contribution in [-0.4, -0.2) is 27.2 Å². The molecule has 0 spiro atoms. The van der Waals surface area contributed by atoms with Gasteiger partial charge in [-0.25, -0.2) is 13.6 Å². The Hall–Kier alpha value is -1.93. The van der Waals surface area contributed by atoms with E-state index in [1.54, 1.807) is 0 Å². The summed E-state index contributed by atoms with van der Waals surface area (Å²) in [7, 11) is -2.37. The Labute approximate surface area is 142 Å². The van der Waals surface area contributed by atoms with E-state index >= 15 is 0 Å². The highest BCUT2D eigenvalue weighted by atomic mass is 32.2. The molecule has 0 aromatic heterocycles. The van der Waals surface area contributed by atoms with Crippen molar-refractivity contribution in [2.75, 3.05) is 13.7 Å². The van der Waals surface area contributed by atoms with Gasteiger partial charge in [-0.05, 0) is 30.7 Å². The molecule has 0 heterocycles. The second-order valence-electron chi connectivity index (χ2n) is 5.39. The third kappa shape index (κ3) is 4.78. The Kier molecular flexibility index (Phi) is 6.33. The number of benzene rings is 2. The van der Waals surface area contributed by atoms with Crippen molar-refractivity contribution >= 4 is 10.0 Å². The number of nitrogens with one attached hydrogen (secondary N) is 1. The van der Waals surface area contributed by atoms with Gasteiger partial charge in [0.2, 0.25) is 10.0 Å². The van der Waals surface area contributed by atoms with E-state index in [0.717, 1.165) is 13.0 Å². The fourth-order valence-corrected chi connectivity index (χ4v) is 3.11. The fraction of sp³-hybridized carbons (Fsp3) is 0.294. The minimum atomic E-state index is -3.85. The van der Waals surface area contributed by atoms with Gasteiger partial charge in [-0.2, -0.15) is 0 Å². The average Bonchev–Trinajstić information content (AvgIpc) is 2.58. The molecule has 2 aromatic rings. The van der Waals surface area contributed by atoms with Crippen LogP contribution in [0, 0.1) is 0 Å². The normalized spacial score (nSPS) is 11.5. The predicted octanol–water partition coefficient (Wildman–Crippen LogP) is 1.17. The Morgan fingerprint density at radius 2 is 1.83 bits per heavy atom. The summed E-state index contributed by atoms with van der Waals surface area (Å²) in [5.74, 6) is 0.470. The van der Waals surface area contributed by atoms with E-state index in [-0.39, 0.29) is 11.5 Å². The first-order chi connectivity index (χ1) is 11.5. The van der Waals surface area contributed by atoms with Crippen molar-refractivity contribution in [3.8, 4) is 5.75 Å². The largest absolute Gasteiger partial charge is 0.496 e. The molecule has 0 bridgehead atoms. The summed E-state index contributed by atoms with van der Waals surface area (Å²) in [6, 6.07) is 12.9. The Bertz CT molecular complexity index is 777. The van der Waals surface area contributed by atoms with Crippen LogP contribution < -0.4 is 15.2 Å². The molecule has 7 heteroatoms. The first-order valence-corrected chi connectivity index (χ1v) is 9.08. The van der Waals surface area contributed by atoms with Crippen molar-refractivity contribution in [1.82, 2.24) is 5.32 Å². The van der Waals surface area contributed by atoms with Crippen LogP contribution in [-0.2, 0) is 29.6 Å². The molecule has 6 nitrogen and oxygen atoms in total. The predicted molar refractivity (Wildman–Crippen MR) is 92.1 cm³/mol. The Morgan fingerprint density at radius 1 is 1.17 bits per heavy atom. The van der Waals surface area contributed by atoms with E-state index in [4.69, 9.17) is 9.88 Å². The third-order valence-corrected chi connectivity index (χ3v) is 4.56. The van der Waals surface area contributed by atoms with Gasteiger partial charge in [0.05, 0.1) is 18.6 Å². The highest BCUT2D eigenvalue weighted by Crippen LogP contribution is 2.27. The molecule has 0 radical (unpaired) electrons. The number of primary sulfonamides is 1. The van der Waals surface area contributed by atoms with Gasteiger partial charge in [-0.15, -0.1) is 0 Å². The SMILES string of the molecule is COc1c(CO)cc(S(N)(=O)=O)cc1CNCCc1ccccc1. The quantitative estimate of drug-likeness (QED) is 0.620. The van der Waals surface area contributed by atoms with E-state index in [0.29, 0.717) is 23.4 Å². The number of nitrogens with two attached hydrogens (primary N) is 1. The molecule has 0 saturated carbocycles. The van der Waals surface area contributed by atoms with E-state index in [2.05, 4.69) is 5.32 Å². The molecule has 0 aliphatic heterocycles. The van der Waals surface area contributed by atoms with Crippen LogP contribution in [0.1, 0.15) is 16.7 Å². The number of methoxy groups -OCH3 is 1. The molecule has 2 rings (SSSR count). The first-order valence-electron chi connectivity index (χ1n) is 7.53. The first kappa shape index (κ1) is 18.4. The number of ether oxygens (including phenoxy) is 1. The lowest BCUT2D eigenvalue weighted by Gasteiger charge is -2.15. The van der Waals surface area contributed by atoms with Gasteiger partial charge in [-0.1, -0.05) is 30.3 Å². The van der Waals surface area contributed by atoms with Crippen LogP contribution in [0.2, 0.25) is 0 Å². The topological polar surface area (TPSA) is 102 Å². The summed E-state index contributed by atoms with van der Waals surface area (Å²) in [6.45, 7) is 0.803. The summed E-state index contributed by atoms with van der Waals surface area (Å²) < 4.78 is 28.5. The van der Waals surface area contributed by atoms with Gasteiger partial charge >= 0.3 is 0 Å². The molecular weight excluding hydrogens is 328 g/mol. The Balaban J connectivity index is 2.12. The molecule has 0 atom stereocenters. The lowest BCUT2D eigenvalue weighted by molar-refractivity contribution is 0.272.